The molecule has 0 heterocycles. The van der Waals surface area contributed by atoms with Crippen molar-refractivity contribution in [1.82, 2.24) is 5.32 Å². The quantitative estimate of drug-likeness (QED) is 0.807. The zero-order valence-electron chi connectivity index (χ0n) is 13.1. The third-order valence-corrected chi connectivity index (χ3v) is 4.05. The van der Waals surface area contributed by atoms with Crippen LogP contribution in [0.25, 0.3) is 0 Å². The largest absolute Gasteiger partial charge is 0.369 e. The van der Waals surface area contributed by atoms with E-state index in [1.54, 1.807) is 12.1 Å². The lowest BCUT2D eigenvalue weighted by Gasteiger charge is -2.32. The standard InChI is InChI=1S/C17H27FN2/c1-5-19-13(4)16-10-15(18)8-9-17(16)20(12(2)3)11-14-6-7-14/h8-10,12-14,19H,5-7,11H2,1-4H3. The predicted molar refractivity (Wildman–Crippen MR) is 83.7 cm³/mol. The molecule has 2 rings (SSSR count). The molecule has 0 radical (unpaired) electrons. The summed E-state index contributed by atoms with van der Waals surface area (Å²) in [6, 6.07) is 5.82. The van der Waals surface area contributed by atoms with Gasteiger partial charge in [0.05, 0.1) is 0 Å². The molecule has 3 heteroatoms. The molecule has 1 aliphatic rings. The fourth-order valence-corrected chi connectivity index (χ4v) is 2.72. The maximum absolute atomic E-state index is 13.6. The maximum atomic E-state index is 13.6. The van der Waals surface area contributed by atoms with Crippen LogP contribution in [0, 0.1) is 11.7 Å². The molecule has 0 amide bonds. The first-order chi connectivity index (χ1) is 9.52. The van der Waals surface area contributed by atoms with Crippen molar-refractivity contribution in [2.75, 3.05) is 18.0 Å². The van der Waals surface area contributed by atoms with Crippen LogP contribution >= 0.6 is 0 Å². The number of nitrogens with zero attached hydrogens (tertiary/aromatic N) is 1. The molecule has 1 atom stereocenters. The van der Waals surface area contributed by atoms with Gasteiger partial charge < -0.3 is 10.2 Å². The lowest BCUT2D eigenvalue weighted by atomic mass is 10.0. The van der Waals surface area contributed by atoms with Gasteiger partial charge in [-0.1, -0.05) is 6.92 Å². The van der Waals surface area contributed by atoms with E-state index in [9.17, 15) is 4.39 Å². The molecule has 0 aromatic heterocycles. The number of halogens is 1. The normalized spacial score (nSPS) is 16.5. The lowest BCUT2D eigenvalue weighted by molar-refractivity contribution is 0.573. The van der Waals surface area contributed by atoms with Crippen molar-refractivity contribution in [2.24, 2.45) is 5.92 Å². The highest BCUT2D eigenvalue weighted by Crippen LogP contribution is 2.35. The van der Waals surface area contributed by atoms with Crippen molar-refractivity contribution in [3.8, 4) is 0 Å². The summed E-state index contributed by atoms with van der Waals surface area (Å²) in [5, 5.41) is 3.40. The molecule has 112 valence electrons. The molecular formula is C17H27FN2. The average molecular weight is 278 g/mol. The van der Waals surface area contributed by atoms with Crippen molar-refractivity contribution in [3.05, 3.63) is 29.6 Å². The van der Waals surface area contributed by atoms with Crippen LogP contribution in [0.1, 0.15) is 52.1 Å². The van der Waals surface area contributed by atoms with E-state index in [-0.39, 0.29) is 11.9 Å². The predicted octanol–water partition coefficient (Wildman–Crippen LogP) is 4.12. The van der Waals surface area contributed by atoms with Crippen molar-refractivity contribution < 1.29 is 4.39 Å². The van der Waals surface area contributed by atoms with Gasteiger partial charge in [-0.15, -0.1) is 0 Å². The summed E-state index contributed by atoms with van der Waals surface area (Å²) in [5.74, 6) is 0.674. The molecule has 1 aliphatic carbocycles. The van der Waals surface area contributed by atoms with Gasteiger partial charge in [-0.05, 0) is 69.8 Å². The number of nitrogens with one attached hydrogen (secondary N) is 1. The topological polar surface area (TPSA) is 15.3 Å². The Kier molecular flexibility index (Phi) is 5.03. The molecule has 20 heavy (non-hydrogen) atoms. The van der Waals surface area contributed by atoms with Crippen LogP contribution in [0.3, 0.4) is 0 Å². The van der Waals surface area contributed by atoms with Crippen molar-refractivity contribution >= 4 is 5.69 Å². The molecule has 0 bridgehead atoms. The molecule has 1 aromatic rings. The van der Waals surface area contributed by atoms with Crippen LogP contribution in [0.4, 0.5) is 10.1 Å². The third-order valence-electron chi connectivity index (χ3n) is 4.05. The molecule has 1 fully saturated rings. The zero-order chi connectivity index (χ0) is 14.7. The monoisotopic (exact) mass is 278 g/mol. The van der Waals surface area contributed by atoms with Gasteiger partial charge in [-0.25, -0.2) is 4.39 Å². The summed E-state index contributed by atoms with van der Waals surface area (Å²) in [5.41, 5.74) is 2.25. The average Bonchev–Trinajstić information content (AvgIpc) is 3.20. The number of anilines is 1. The highest BCUT2D eigenvalue weighted by atomic mass is 19.1. The third kappa shape index (κ3) is 3.72. The molecular weight excluding hydrogens is 251 g/mol. The van der Waals surface area contributed by atoms with E-state index < -0.39 is 0 Å². The molecule has 0 spiro atoms. The van der Waals surface area contributed by atoms with Crippen LogP contribution in [0.15, 0.2) is 18.2 Å². The number of hydrogen-bond donors (Lipinski definition) is 1. The van der Waals surface area contributed by atoms with Crippen LogP contribution in [0.5, 0.6) is 0 Å². The van der Waals surface area contributed by atoms with Gasteiger partial charge in [0, 0.05) is 24.3 Å². The van der Waals surface area contributed by atoms with E-state index in [1.807, 2.05) is 6.07 Å². The van der Waals surface area contributed by atoms with Crippen LogP contribution in [-0.4, -0.2) is 19.1 Å². The van der Waals surface area contributed by atoms with Crippen LogP contribution < -0.4 is 10.2 Å². The SMILES string of the molecule is CCNC(C)c1cc(F)ccc1N(CC1CC1)C(C)C. The van der Waals surface area contributed by atoms with Gasteiger partial charge in [0.25, 0.3) is 0 Å². The Balaban J connectivity index is 2.31. The summed E-state index contributed by atoms with van der Waals surface area (Å²) < 4.78 is 13.6. The Morgan fingerprint density at radius 2 is 2.00 bits per heavy atom. The Morgan fingerprint density at radius 1 is 1.30 bits per heavy atom. The molecule has 0 saturated heterocycles. The van der Waals surface area contributed by atoms with Gasteiger partial charge in [0.15, 0.2) is 0 Å². The lowest BCUT2D eigenvalue weighted by Crippen LogP contribution is -2.34. The smallest absolute Gasteiger partial charge is 0.123 e. The van der Waals surface area contributed by atoms with E-state index in [0.717, 1.165) is 24.6 Å². The Morgan fingerprint density at radius 3 is 2.55 bits per heavy atom. The van der Waals surface area contributed by atoms with E-state index in [0.29, 0.717) is 6.04 Å². The number of rotatable bonds is 7. The molecule has 1 N–H and O–H groups in total. The van der Waals surface area contributed by atoms with E-state index >= 15 is 0 Å². The van der Waals surface area contributed by atoms with Gasteiger partial charge >= 0.3 is 0 Å². The number of benzene rings is 1. The van der Waals surface area contributed by atoms with Crippen molar-refractivity contribution in [2.45, 2.75) is 52.6 Å². The maximum Gasteiger partial charge on any atom is 0.123 e. The second kappa shape index (κ2) is 6.57. The first-order valence-electron chi connectivity index (χ1n) is 7.82. The van der Waals surface area contributed by atoms with Crippen molar-refractivity contribution in [1.29, 1.82) is 0 Å². The minimum atomic E-state index is -0.149. The summed E-state index contributed by atoms with van der Waals surface area (Å²) >= 11 is 0. The van der Waals surface area contributed by atoms with Gasteiger partial charge in [0.2, 0.25) is 0 Å². The van der Waals surface area contributed by atoms with E-state index in [2.05, 4.69) is 37.9 Å². The molecule has 1 saturated carbocycles. The minimum absolute atomic E-state index is 0.149. The summed E-state index contributed by atoms with van der Waals surface area (Å²) in [6.45, 7) is 10.6. The second-order valence-electron chi connectivity index (χ2n) is 6.17. The highest BCUT2D eigenvalue weighted by Gasteiger charge is 2.27. The van der Waals surface area contributed by atoms with E-state index in [4.69, 9.17) is 0 Å². The molecule has 1 unspecified atom stereocenters. The fraction of sp³-hybridized carbons (Fsp3) is 0.647. The van der Waals surface area contributed by atoms with Crippen LogP contribution in [-0.2, 0) is 0 Å². The summed E-state index contributed by atoms with van der Waals surface area (Å²) in [4.78, 5) is 2.43. The fourth-order valence-electron chi connectivity index (χ4n) is 2.72. The number of hydrogen-bond acceptors (Lipinski definition) is 2. The highest BCUT2D eigenvalue weighted by molar-refractivity contribution is 5.56. The van der Waals surface area contributed by atoms with Gasteiger partial charge in [-0.2, -0.15) is 0 Å². The molecule has 2 nitrogen and oxygen atoms in total. The first kappa shape index (κ1) is 15.3. The molecule has 1 aromatic carbocycles. The van der Waals surface area contributed by atoms with Crippen LogP contribution in [0.2, 0.25) is 0 Å². The second-order valence-corrected chi connectivity index (χ2v) is 6.17. The summed E-state index contributed by atoms with van der Waals surface area (Å²) in [7, 11) is 0. The first-order valence-corrected chi connectivity index (χ1v) is 7.82. The van der Waals surface area contributed by atoms with Gasteiger partial charge in [0.1, 0.15) is 5.82 Å². The Bertz CT molecular complexity index is 441. The van der Waals surface area contributed by atoms with Crippen molar-refractivity contribution in [3.63, 3.8) is 0 Å². The Labute approximate surface area is 122 Å². The van der Waals surface area contributed by atoms with Gasteiger partial charge in [-0.3, -0.25) is 0 Å². The Hall–Kier alpha value is -1.09. The minimum Gasteiger partial charge on any atom is -0.369 e. The zero-order valence-corrected chi connectivity index (χ0v) is 13.1. The summed E-state index contributed by atoms with van der Waals surface area (Å²) in [6.07, 6.45) is 2.67. The van der Waals surface area contributed by atoms with E-state index in [1.165, 1.54) is 18.5 Å². The molecule has 0 aliphatic heterocycles.